The Balaban J connectivity index is 1.64. The number of methoxy groups -OCH3 is 1. The van der Waals surface area contributed by atoms with Gasteiger partial charge in [-0.25, -0.2) is 8.42 Å². The number of ether oxygens (including phenoxy) is 1. The van der Waals surface area contributed by atoms with Gasteiger partial charge in [0.2, 0.25) is 0 Å². The average Bonchev–Trinajstić information content (AvgIpc) is 3.29. The lowest BCUT2D eigenvalue weighted by molar-refractivity contribution is -0.138. The number of aromatic nitrogens is 1. The Labute approximate surface area is 246 Å². The van der Waals surface area contributed by atoms with Gasteiger partial charge in [0.25, 0.3) is 5.91 Å². The fourth-order valence-electron chi connectivity index (χ4n) is 4.85. The summed E-state index contributed by atoms with van der Waals surface area (Å²) in [6.07, 6.45) is -4.66. The number of sulfone groups is 1. The van der Waals surface area contributed by atoms with Gasteiger partial charge in [0.15, 0.2) is 9.84 Å². The zero-order chi connectivity index (χ0) is 30.7. The third-order valence-electron chi connectivity index (χ3n) is 6.98. The van der Waals surface area contributed by atoms with Crippen molar-refractivity contribution in [3.63, 3.8) is 0 Å². The minimum absolute atomic E-state index is 0.0219. The predicted octanol–water partition coefficient (Wildman–Crippen LogP) is 5.81. The van der Waals surface area contributed by atoms with Gasteiger partial charge < -0.3 is 19.7 Å². The van der Waals surface area contributed by atoms with Crippen molar-refractivity contribution in [3.8, 4) is 0 Å². The van der Waals surface area contributed by atoms with Gasteiger partial charge in [-0.05, 0) is 59.7 Å². The molecule has 4 rings (SSSR count). The topological polar surface area (TPSA) is 97.6 Å². The molecule has 42 heavy (non-hydrogen) atoms. The van der Waals surface area contributed by atoms with Crippen molar-refractivity contribution in [1.82, 2.24) is 9.88 Å². The van der Waals surface area contributed by atoms with Gasteiger partial charge in [-0.3, -0.25) is 4.79 Å². The largest absolute Gasteiger partial charge is 0.416 e. The van der Waals surface area contributed by atoms with E-state index in [4.69, 9.17) is 16.3 Å². The first kappa shape index (κ1) is 31.6. The van der Waals surface area contributed by atoms with E-state index in [1.165, 1.54) is 31.4 Å². The second kappa shape index (κ2) is 12.9. The number of amides is 1. The summed E-state index contributed by atoms with van der Waals surface area (Å²) in [6.45, 7) is 1.61. The van der Waals surface area contributed by atoms with Crippen LogP contribution in [-0.4, -0.2) is 50.1 Å². The molecule has 0 aliphatic rings. The molecule has 0 saturated carbocycles. The normalized spacial score (nSPS) is 12.9. The molecule has 0 spiro atoms. The molecule has 12 heteroatoms. The number of carbonyl (C=O) groups is 1. The lowest BCUT2D eigenvalue weighted by atomic mass is 10.0. The molecule has 0 fully saturated rings. The Morgan fingerprint density at radius 1 is 1.07 bits per heavy atom. The van der Waals surface area contributed by atoms with Gasteiger partial charge in [-0.2, -0.15) is 13.2 Å². The molecular weight excluding hydrogens is 593 g/mol. The number of alkyl halides is 3. The third-order valence-corrected chi connectivity index (χ3v) is 8.97. The van der Waals surface area contributed by atoms with E-state index in [2.05, 4.69) is 5.32 Å². The quantitative estimate of drug-likeness (QED) is 0.220. The van der Waals surface area contributed by atoms with Crippen LogP contribution in [0.3, 0.4) is 0 Å². The molecule has 1 unspecified atom stereocenters. The molecule has 2 N–H and O–H groups in total. The van der Waals surface area contributed by atoms with Crippen LogP contribution >= 0.6 is 11.6 Å². The van der Waals surface area contributed by atoms with Crippen LogP contribution in [0.2, 0.25) is 5.02 Å². The lowest BCUT2D eigenvalue weighted by Crippen LogP contribution is -2.31. The summed E-state index contributed by atoms with van der Waals surface area (Å²) in [5.74, 6) is -0.449. The maximum atomic E-state index is 13.7. The molecule has 0 radical (unpaired) electrons. The number of benzene rings is 3. The van der Waals surface area contributed by atoms with E-state index >= 15 is 0 Å². The first-order valence-electron chi connectivity index (χ1n) is 13.1. The Hall–Kier alpha value is -3.38. The van der Waals surface area contributed by atoms with Gasteiger partial charge >= 0.3 is 6.18 Å². The minimum atomic E-state index is -4.59. The average molecular weight is 623 g/mol. The van der Waals surface area contributed by atoms with E-state index in [1.807, 2.05) is 0 Å². The molecular formula is C30H30ClF3N2O5S. The minimum Gasteiger partial charge on any atom is -0.395 e. The van der Waals surface area contributed by atoms with Gasteiger partial charge in [0.1, 0.15) is 0 Å². The van der Waals surface area contributed by atoms with Crippen LogP contribution in [-0.2, 0) is 33.7 Å². The summed E-state index contributed by atoms with van der Waals surface area (Å²) in [5.41, 5.74) is 1.35. The van der Waals surface area contributed by atoms with E-state index in [9.17, 15) is 31.5 Å². The number of hydrogen-bond donors (Lipinski definition) is 2. The summed E-state index contributed by atoms with van der Waals surface area (Å²) in [5, 5.41) is 13.2. The highest BCUT2D eigenvalue weighted by molar-refractivity contribution is 7.91. The van der Waals surface area contributed by atoms with E-state index < -0.39 is 33.5 Å². The van der Waals surface area contributed by atoms with Crippen molar-refractivity contribution >= 4 is 38.2 Å². The molecule has 0 bridgehead atoms. The number of carbonyl (C=O) groups excluding carboxylic acids is 1. The maximum absolute atomic E-state index is 13.7. The zero-order valence-electron chi connectivity index (χ0n) is 22.9. The van der Waals surface area contributed by atoms with Crippen molar-refractivity contribution in [2.45, 2.75) is 37.0 Å². The molecule has 0 aliphatic heterocycles. The van der Waals surface area contributed by atoms with Crippen LogP contribution in [0.1, 0.15) is 45.7 Å². The number of aliphatic hydroxyl groups is 1. The summed E-state index contributed by atoms with van der Waals surface area (Å²) < 4.78 is 72.4. The fraction of sp³-hybridized carbons (Fsp3) is 0.300. The maximum Gasteiger partial charge on any atom is 0.416 e. The van der Waals surface area contributed by atoms with E-state index in [-0.39, 0.29) is 47.4 Å². The van der Waals surface area contributed by atoms with Crippen molar-refractivity contribution in [3.05, 3.63) is 99.7 Å². The predicted molar refractivity (Wildman–Crippen MR) is 155 cm³/mol. The smallest absolute Gasteiger partial charge is 0.395 e. The Morgan fingerprint density at radius 2 is 1.79 bits per heavy atom. The van der Waals surface area contributed by atoms with Gasteiger partial charge in [0, 0.05) is 47.3 Å². The highest BCUT2D eigenvalue weighted by Crippen LogP contribution is 2.35. The number of hydrogen-bond acceptors (Lipinski definition) is 5. The Kier molecular flexibility index (Phi) is 9.67. The number of nitrogens with zero attached hydrogens (tertiary/aromatic N) is 1. The fourth-order valence-corrected chi connectivity index (χ4v) is 5.90. The second-order valence-electron chi connectivity index (χ2n) is 9.71. The van der Waals surface area contributed by atoms with E-state index in [0.29, 0.717) is 27.7 Å². The van der Waals surface area contributed by atoms with Crippen LogP contribution in [0, 0.1) is 0 Å². The number of rotatable bonds is 11. The number of halogens is 4. The zero-order valence-corrected chi connectivity index (χ0v) is 24.5. The highest BCUT2D eigenvalue weighted by atomic mass is 35.5. The van der Waals surface area contributed by atoms with Crippen LogP contribution in [0.4, 0.5) is 13.2 Å². The Bertz CT molecular complexity index is 1690. The van der Waals surface area contributed by atoms with Crippen molar-refractivity contribution in [2.24, 2.45) is 0 Å². The highest BCUT2D eigenvalue weighted by Gasteiger charge is 2.33. The first-order chi connectivity index (χ1) is 19.9. The van der Waals surface area contributed by atoms with Crippen LogP contribution in [0.15, 0.2) is 71.6 Å². The molecule has 224 valence electrons. The summed E-state index contributed by atoms with van der Waals surface area (Å²) in [7, 11) is -1.89. The number of fused-ring (bicyclic) bond motifs is 1. The first-order valence-corrected chi connectivity index (χ1v) is 15.1. The molecule has 1 heterocycles. The van der Waals surface area contributed by atoms with Gasteiger partial charge in [0.05, 0.1) is 35.5 Å². The number of nitrogens with one attached hydrogen (secondary N) is 1. The van der Waals surface area contributed by atoms with Crippen LogP contribution in [0.5, 0.6) is 0 Å². The van der Waals surface area contributed by atoms with E-state index in [1.54, 1.807) is 47.9 Å². The molecule has 3 aromatic carbocycles. The molecule has 7 nitrogen and oxygen atoms in total. The monoisotopic (exact) mass is 622 g/mol. The molecule has 1 atom stereocenters. The molecule has 0 aliphatic carbocycles. The standard InChI is InChI=1S/C30H30ClF3N2O5S/c1-3-42(39,40)25-9-5-19(6-10-25)27(18-41-2)35-29(38)21-7-11-28-22(14-21)16-24(36(28)12-13-37)15-20-4-8-23(31)17-26(20)30(32,33)34/h4-11,14,16-17,27,37H,3,12-13,15,18H2,1-2H3,(H,35,38). The lowest BCUT2D eigenvalue weighted by Gasteiger charge is -2.19. The molecule has 1 amide bonds. The van der Waals surface area contributed by atoms with Crippen LogP contribution in [0.25, 0.3) is 10.9 Å². The van der Waals surface area contributed by atoms with Crippen molar-refractivity contribution in [1.29, 1.82) is 0 Å². The SMILES string of the molecule is CCS(=O)(=O)c1ccc(C(COC)NC(=O)c2ccc3c(c2)cc(Cc2ccc(Cl)cc2C(F)(F)F)n3CCO)cc1. The molecule has 4 aromatic rings. The van der Waals surface area contributed by atoms with Gasteiger partial charge in [-0.1, -0.05) is 36.7 Å². The summed E-state index contributed by atoms with van der Waals surface area (Å²) in [4.78, 5) is 13.5. The molecule has 0 saturated heterocycles. The summed E-state index contributed by atoms with van der Waals surface area (Å²) >= 11 is 5.84. The van der Waals surface area contributed by atoms with E-state index in [0.717, 1.165) is 6.07 Å². The number of aliphatic hydroxyl groups excluding tert-OH is 1. The van der Waals surface area contributed by atoms with Crippen molar-refractivity contribution in [2.75, 3.05) is 26.1 Å². The summed E-state index contributed by atoms with van der Waals surface area (Å²) in [6, 6.07) is 15.9. The van der Waals surface area contributed by atoms with Crippen LogP contribution < -0.4 is 5.32 Å². The van der Waals surface area contributed by atoms with Gasteiger partial charge in [-0.15, -0.1) is 0 Å². The third kappa shape index (κ3) is 6.97. The second-order valence-corrected chi connectivity index (χ2v) is 12.4. The molecule has 1 aromatic heterocycles. The van der Waals surface area contributed by atoms with Crippen molar-refractivity contribution < 1.29 is 36.2 Å². The Morgan fingerprint density at radius 3 is 2.40 bits per heavy atom.